The minimum absolute atomic E-state index is 0.111. The van der Waals surface area contributed by atoms with Gasteiger partial charge in [0.1, 0.15) is 0 Å². The van der Waals surface area contributed by atoms with E-state index in [4.69, 9.17) is 5.73 Å². The van der Waals surface area contributed by atoms with Crippen LogP contribution in [0.15, 0.2) is 54.6 Å². The van der Waals surface area contributed by atoms with Crippen LogP contribution in [0.5, 0.6) is 0 Å². The van der Waals surface area contributed by atoms with E-state index in [1.54, 1.807) is 6.92 Å². The molecule has 0 radical (unpaired) electrons. The van der Waals surface area contributed by atoms with E-state index in [-0.39, 0.29) is 11.0 Å². The number of urea groups is 1. The van der Waals surface area contributed by atoms with Gasteiger partial charge in [0.15, 0.2) is 5.12 Å². The van der Waals surface area contributed by atoms with E-state index >= 15 is 0 Å². The van der Waals surface area contributed by atoms with Crippen molar-refractivity contribution in [2.24, 2.45) is 5.73 Å². The molecular weight excluding hydrogens is 444 g/mol. The van der Waals surface area contributed by atoms with E-state index in [0.29, 0.717) is 12.5 Å². The second-order valence-corrected chi connectivity index (χ2v) is 10.5. The Morgan fingerprint density at radius 2 is 1.68 bits per heavy atom. The van der Waals surface area contributed by atoms with Crippen LogP contribution in [0.2, 0.25) is 0 Å². The minimum Gasteiger partial charge on any atom is -0.352 e. The van der Waals surface area contributed by atoms with Gasteiger partial charge in [-0.1, -0.05) is 66.4 Å². The molecule has 6 nitrogen and oxygen atoms in total. The Bertz CT molecular complexity index is 916. The number of nitrogens with zero attached hydrogens (tertiary/aromatic N) is 2. The van der Waals surface area contributed by atoms with E-state index < -0.39 is 6.03 Å². The van der Waals surface area contributed by atoms with Crippen LogP contribution in [0, 0.1) is 0 Å². The first-order valence-corrected chi connectivity index (χ1v) is 13.1. The second-order valence-electron chi connectivity index (χ2n) is 9.23. The summed E-state index contributed by atoms with van der Waals surface area (Å²) in [4.78, 5) is 27.8. The quantitative estimate of drug-likeness (QED) is 0.511. The summed E-state index contributed by atoms with van der Waals surface area (Å²) in [7, 11) is 2.19. The highest BCUT2D eigenvalue weighted by atomic mass is 32.2. The molecule has 2 aromatic rings. The number of likely N-dealkylation sites (N-methyl/N-ethyl adjacent to an activating group) is 1. The van der Waals surface area contributed by atoms with Gasteiger partial charge in [0.2, 0.25) is 0 Å². The average molecular weight is 483 g/mol. The van der Waals surface area contributed by atoms with Crippen LogP contribution in [0.4, 0.5) is 4.79 Å². The van der Waals surface area contributed by atoms with Gasteiger partial charge < -0.3 is 20.9 Å². The molecule has 0 aromatic heterocycles. The first-order chi connectivity index (χ1) is 16.4. The lowest BCUT2D eigenvalue weighted by Gasteiger charge is -2.35. The van der Waals surface area contributed by atoms with Crippen molar-refractivity contribution in [3.05, 3.63) is 71.3 Å². The lowest BCUT2D eigenvalue weighted by molar-refractivity contribution is -0.109. The fourth-order valence-electron chi connectivity index (χ4n) is 4.55. The van der Waals surface area contributed by atoms with E-state index in [1.165, 1.54) is 28.5 Å². The highest BCUT2D eigenvalue weighted by Crippen LogP contribution is 2.28. The molecule has 2 aromatic carbocycles. The maximum Gasteiger partial charge on any atom is 0.312 e. The van der Waals surface area contributed by atoms with Gasteiger partial charge >= 0.3 is 6.03 Å². The standard InChI is InChI=1S/C27H38N4O2S/c1-21(32)34-16-11-25(19-29-27(28)33)23-9-6-10-24(18-23)26(17-22-7-4-3-5-8-22)20-31-14-12-30(2)13-15-31/h3-10,18,25-26H,11-17,19-20H2,1-2H3,(H3,28,29,33)/t25?,26-/m1/s1. The van der Waals surface area contributed by atoms with Gasteiger partial charge in [0.05, 0.1) is 0 Å². The smallest absolute Gasteiger partial charge is 0.312 e. The Hall–Kier alpha value is -2.35. The molecule has 3 N–H and O–H groups in total. The fourth-order valence-corrected chi connectivity index (χ4v) is 5.24. The van der Waals surface area contributed by atoms with Crippen LogP contribution in [0.1, 0.15) is 41.9 Å². The normalized spacial score (nSPS) is 16.6. The molecule has 3 rings (SSSR count). The molecule has 2 atom stereocenters. The van der Waals surface area contributed by atoms with Gasteiger partial charge in [-0.25, -0.2) is 4.79 Å². The van der Waals surface area contributed by atoms with Crippen molar-refractivity contribution in [1.29, 1.82) is 0 Å². The third-order valence-electron chi connectivity index (χ3n) is 6.55. The van der Waals surface area contributed by atoms with E-state index in [2.05, 4.69) is 76.8 Å². The molecule has 7 heteroatoms. The lowest BCUT2D eigenvalue weighted by atomic mass is 9.87. The Kier molecular flexibility index (Phi) is 10.4. The molecule has 1 aliphatic heterocycles. The number of nitrogens with two attached hydrogens (primary N) is 1. The van der Waals surface area contributed by atoms with E-state index in [1.807, 2.05) is 0 Å². The van der Waals surface area contributed by atoms with Crippen molar-refractivity contribution in [2.45, 2.75) is 31.6 Å². The summed E-state index contributed by atoms with van der Waals surface area (Å²) >= 11 is 1.33. The summed E-state index contributed by atoms with van der Waals surface area (Å²) in [6.45, 7) is 7.48. The van der Waals surface area contributed by atoms with Crippen molar-refractivity contribution in [3.8, 4) is 0 Å². The second kappa shape index (κ2) is 13.5. The Balaban J connectivity index is 1.81. The highest BCUT2D eigenvalue weighted by Gasteiger charge is 2.22. The molecule has 1 heterocycles. The zero-order valence-electron chi connectivity index (χ0n) is 20.4. The van der Waals surface area contributed by atoms with Gasteiger partial charge in [-0.2, -0.15) is 0 Å². The molecule has 1 fully saturated rings. The zero-order chi connectivity index (χ0) is 24.3. The predicted molar refractivity (Wildman–Crippen MR) is 141 cm³/mol. The number of primary amides is 1. The number of amides is 2. The topological polar surface area (TPSA) is 78.7 Å². The van der Waals surface area contributed by atoms with E-state index in [9.17, 15) is 9.59 Å². The summed E-state index contributed by atoms with van der Waals surface area (Å²) in [5.41, 5.74) is 9.21. The van der Waals surface area contributed by atoms with Crippen molar-refractivity contribution >= 4 is 22.9 Å². The maximum absolute atomic E-state index is 11.4. The fraction of sp³-hybridized carbons (Fsp3) is 0.481. The van der Waals surface area contributed by atoms with Crippen LogP contribution in [-0.2, 0) is 11.2 Å². The van der Waals surface area contributed by atoms with Crippen LogP contribution >= 0.6 is 11.8 Å². The van der Waals surface area contributed by atoms with E-state index in [0.717, 1.165) is 51.3 Å². The van der Waals surface area contributed by atoms with Crippen LogP contribution in [0.25, 0.3) is 0 Å². The molecular formula is C27H38N4O2S. The molecule has 1 saturated heterocycles. The van der Waals surface area contributed by atoms with Crippen molar-refractivity contribution in [2.75, 3.05) is 52.1 Å². The van der Waals surface area contributed by atoms with Gasteiger partial charge in [0.25, 0.3) is 0 Å². The molecule has 0 spiro atoms. The third kappa shape index (κ3) is 8.78. The first-order valence-electron chi connectivity index (χ1n) is 12.1. The number of nitrogens with one attached hydrogen (secondary N) is 1. The van der Waals surface area contributed by atoms with Gasteiger partial charge in [-0.15, -0.1) is 0 Å². The highest BCUT2D eigenvalue weighted by molar-refractivity contribution is 8.13. The van der Waals surface area contributed by atoms with Crippen LogP contribution < -0.4 is 11.1 Å². The number of thioether (sulfide) groups is 1. The molecule has 34 heavy (non-hydrogen) atoms. The number of benzene rings is 2. The van der Waals surface area contributed by atoms with Gasteiger partial charge in [0, 0.05) is 63.8 Å². The Morgan fingerprint density at radius 1 is 1.00 bits per heavy atom. The average Bonchev–Trinajstić information content (AvgIpc) is 2.82. The minimum atomic E-state index is -0.516. The molecule has 0 aliphatic carbocycles. The Morgan fingerprint density at radius 3 is 2.32 bits per heavy atom. The summed E-state index contributed by atoms with van der Waals surface area (Å²) in [6.07, 6.45) is 1.79. The number of carbonyl (C=O) groups is 2. The number of rotatable bonds is 11. The molecule has 1 aliphatic rings. The van der Waals surface area contributed by atoms with Crippen LogP contribution in [-0.4, -0.2) is 73.0 Å². The van der Waals surface area contributed by atoms with Crippen molar-refractivity contribution < 1.29 is 9.59 Å². The third-order valence-corrected chi connectivity index (χ3v) is 7.39. The molecule has 0 bridgehead atoms. The molecule has 0 saturated carbocycles. The lowest BCUT2D eigenvalue weighted by Crippen LogP contribution is -2.46. The Labute approximate surface area is 208 Å². The monoisotopic (exact) mass is 482 g/mol. The number of hydrogen-bond acceptors (Lipinski definition) is 5. The first kappa shape index (κ1) is 26.3. The number of piperazine rings is 1. The molecule has 184 valence electrons. The molecule has 1 unspecified atom stereocenters. The van der Waals surface area contributed by atoms with Crippen LogP contribution in [0.3, 0.4) is 0 Å². The number of hydrogen-bond donors (Lipinski definition) is 2. The zero-order valence-corrected chi connectivity index (χ0v) is 21.2. The summed E-state index contributed by atoms with van der Waals surface area (Å²) in [5, 5.41) is 2.89. The summed E-state index contributed by atoms with van der Waals surface area (Å²) in [5.74, 6) is 1.21. The van der Waals surface area contributed by atoms with Gasteiger partial charge in [-0.3, -0.25) is 4.79 Å². The largest absolute Gasteiger partial charge is 0.352 e. The SMILES string of the molecule is CC(=O)SCCC(CNC(N)=O)c1cccc([C@H](Cc2ccccc2)CN2CCN(C)CC2)c1. The number of carbonyl (C=O) groups excluding carboxylic acids is 2. The van der Waals surface area contributed by atoms with Crippen molar-refractivity contribution in [3.63, 3.8) is 0 Å². The maximum atomic E-state index is 11.4. The summed E-state index contributed by atoms with van der Waals surface area (Å²) < 4.78 is 0. The van der Waals surface area contributed by atoms with Gasteiger partial charge in [-0.05, 0) is 36.6 Å². The predicted octanol–water partition coefficient (Wildman–Crippen LogP) is 3.68. The summed E-state index contributed by atoms with van der Waals surface area (Å²) in [6, 6.07) is 19.0. The molecule has 2 amide bonds. The van der Waals surface area contributed by atoms with Crippen molar-refractivity contribution in [1.82, 2.24) is 15.1 Å².